The van der Waals surface area contributed by atoms with Gasteiger partial charge in [-0.3, -0.25) is 0 Å². The number of nitrogens with zero attached hydrogens (tertiary/aromatic N) is 1. The van der Waals surface area contributed by atoms with Crippen LogP contribution in [0.2, 0.25) is 5.02 Å². The summed E-state index contributed by atoms with van der Waals surface area (Å²) in [5.74, 6) is 0.782. The van der Waals surface area contributed by atoms with Gasteiger partial charge in [0.1, 0.15) is 0 Å². The first-order chi connectivity index (χ1) is 8.72. The number of benzene rings is 1. The monoisotopic (exact) mass is 266 g/mol. The van der Waals surface area contributed by atoms with E-state index < -0.39 is 0 Å². The first-order valence-corrected chi connectivity index (χ1v) is 7.33. The van der Waals surface area contributed by atoms with E-state index in [9.17, 15) is 0 Å². The molecule has 1 heterocycles. The summed E-state index contributed by atoms with van der Waals surface area (Å²) in [6, 6.07) is 6.26. The first-order valence-electron chi connectivity index (χ1n) is 6.95. The number of halogens is 1. The van der Waals surface area contributed by atoms with E-state index in [4.69, 9.17) is 11.6 Å². The van der Waals surface area contributed by atoms with E-state index >= 15 is 0 Å². The van der Waals surface area contributed by atoms with Gasteiger partial charge in [0.2, 0.25) is 0 Å². The SMILES string of the molecule is CCNCc1c(Cl)cccc1N1CCCC(C)C1. The molecule has 1 saturated heterocycles. The second-order valence-electron chi connectivity index (χ2n) is 5.21. The number of rotatable bonds is 4. The predicted molar refractivity (Wildman–Crippen MR) is 79.4 cm³/mol. The molecule has 1 fully saturated rings. The van der Waals surface area contributed by atoms with Crippen molar-refractivity contribution in [2.24, 2.45) is 5.92 Å². The van der Waals surface area contributed by atoms with Crippen LogP contribution in [0.5, 0.6) is 0 Å². The summed E-state index contributed by atoms with van der Waals surface area (Å²) in [4.78, 5) is 2.49. The standard InChI is InChI=1S/C15H23ClN2/c1-3-17-10-13-14(16)7-4-8-15(13)18-9-5-6-12(2)11-18/h4,7-8,12,17H,3,5-6,9-11H2,1-2H3. The van der Waals surface area contributed by atoms with Crippen LogP contribution in [0.4, 0.5) is 5.69 Å². The normalized spacial score (nSPS) is 20.2. The molecule has 2 rings (SSSR count). The zero-order valence-corrected chi connectivity index (χ0v) is 12.1. The zero-order valence-electron chi connectivity index (χ0n) is 11.4. The van der Waals surface area contributed by atoms with E-state index in [2.05, 4.69) is 36.2 Å². The lowest BCUT2D eigenvalue weighted by Gasteiger charge is -2.34. The number of hydrogen-bond acceptors (Lipinski definition) is 2. The van der Waals surface area contributed by atoms with Crippen molar-refractivity contribution in [3.8, 4) is 0 Å². The average molecular weight is 267 g/mol. The Balaban J connectivity index is 2.22. The summed E-state index contributed by atoms with van der Waals surface area (Å²) >= 11 is 6.35. The summed E-state index contributed by atoms with van der Waals surface area (Å²) < 4.78 is 0. The largest absolute Gasteiger partial charge is 0.371 e. The molecule has 0 amide bonds. The van der Waals surface area contributed by atoms with E-state index in [0.29, 0.717) is 0 Å². The highest BCUT2D eigenvalue weighted by atomic mass is 35.5. The van der Waals surface area contributed by atoms with Crippen molar-refractivity contribution in [1.82, 2.24) is 5.32 Å². The topological polar surface area (TPSA) is 15.3 Å². The van der Waals surface area contributed by atoms with Gasteiger partial charge in [-0.05, 0) is 37.4 Å². The Morgan fingerprint density at radius 2 is 2.28 bits per heavy atom. The Morgan fingerprint density at radius 1 is 1.44 bits per heavy atom. The van der Waals surface area contributed by atoms with Crippen molar-refractivity contribution in [2.45, 2.75) is 33.2 Å². The molecule has 0 radical (unpaired) electrons. The van der Waals surface area contributed by atoms with Crippen molar-refractivity contribution >= 4 is 17.3 Å². The molecule has 0 aliphatic carbocycles. The molecule has 1 aliphatic rings. The van der Waals surface area contributed by atoms with Crippen LogP contribution in [0.25, 0.3) is 0 Å². The molecular weight excluding hydrogens is 244 g/mol. The van der Waals surface area contributed by atoms with Crippen LogP contribution < -0.4 is 10.2 Å². The molecule has 1 aliphatic heterocycles. The van der Waals surface area contributed by atoms with Crippen molar-refractivity contribution in [1.29, 1.82) is 0 Å². The summed E-state index contributed by atoms with van der Waals surface area (Å²) in [6.45, 7) is 8.60. The molecule has 1 aromatic rings. The molecule has 2 nitrogen and oxygen atoms in total. The Kier molecular flexibility index (Phi) is 4.90. The van der Waals surface area contributed by atoms with Gasteiger partial charge in [-0.25, -0.2) is 0 Å². The maximum absolute atomic E-state index is 6.35. The van der Waals surface area contributed by atoms with E-state index in [1.807, 2.05) is 6.07 Å². The van der Waals surface area contributed by atoms with Gasteiger partial charge in [0.15, 0.2) is 0 Å². The van der Waals surface area contributed by atoms with Gasteiger partial charge in [0, 0.05) is 35.9 Å². The lowest BCUT2D eigenvalue weighted by atomic mass is 9.99. The van der Waals surface area contributed by atoms with Crippen LogP contribution in [0.3, 0.4) is 0 Å². The fourth-order valence-electron chi connectivity index (χ4n) is 2.68. The molecule has 3 heteroatoms. The Labute approximate surface area is 115 Å². The third-order valence-corrected chi connectivity index (χ3v) is 4.00. The molecule has 0 bridgehead atoms. The molecule has 1 atom stereocenters. The highest BCUT2D eigenvalue weighted by Crippen LogP contribution is 2.30. The molecule has 1 N–H and O–H groups in total. The van der Waals surface area contributed by atoms with Gasteiger partial charge in [-0.15, -0.1) is 0 Å². The molecule has 100 valence electrons. The maximum Gasteiger partial charge on any atom is 0.0471 e. The van der Waals surface area contributed by atoms with Gasteiger partial charge in [0.25, 0.3) is 0 Å². The van der Waals surface area contributed by atoms with Gasteiger partial charge < -0.3 is 10.2 Å². The number of piperidine rings is 1. The molecule has 18 heavy (non-hydrogen) atoms. The fraction of sp³-hybridized carbons (Fsp3) is 0.600. The van der Waals surface area contributed by atoms with Crippen molar-refractivity contribution < 1.29 is 0 Å². The average Bonchev–Trinajstić information content (AvgIpc) is 2.37. The van der Waals surface area contributed by atoms with Crippen LogP contribution in [0.15, 0.2) is 18.2 Å². The van der Waals surface area contributed by atoms with Crippen LogP contribution in [0, 0.1) is 5.92 Å². The second-order valence-corrected chi connectivity index (χ2v) is 5.62. The fourth-order valence-corrected chi connectivity index (χ4v) is 2.91. The van der Waals surface area contributed by atoms with E-state index in [-0.39, 0.29) is 0 Å². The minimum Gasteiger partial charge on any atom is -0.371 e. The zero-order chi connectivity index (χ0) is 13.0. The highest BCUT2D eigenvalue weighted by molar-refractivity contribution is 6.31. The van der Waals surface area contributed by atoms with Gasteiger partial charge >= 0.3 is 0 Å². The van der Waals surface area contributed by atoms with E-state index in [0.717, 1.165) is 37.1 Å². The van der Waals surface area contributed by atoms with Crippen molar-refractivity contribution in [3.63, 3.8) is 0 Å². The molecule has 1 unspecified atom stereocenters. The highest BCUT2D eigenvalue weighted by Gasteiger charge is 2.19. The minimum absolute atomic E-state index is 0.782. The van der Waals surface area contributed by atoms with E-state index in [1.165, 1.54) is 24.1 Å². The number of hydrogen-bond donors (Lipinski definition) is 1. The van der Waals surface area contributed by atoms with Gasteiger partial charge in [-0.2, -0.15) is 0 Å². The third kappa shape index (κ3) is 3.18. The summed E-state index contributed by atoms with van der Waals surface area (Å²) in [7, 11) is 0. The molecule has 1 aromatic carbocycles. The Morgan fingerprint density at radius 3 is 3.00 bits per heavy atom. The Bertz CT molecular complexity index is 392. The van der Waals surface area contributed by atoms with Crippen LogP contribution in [-0.4, -0.2) is 19.6 Å². The van der Waals surface area contributed by atoms with Crippen LogP contribution in [-0.2, 0) is 6.54 Å². The quantitative estimate of drug-likeness (QED) is 0.894. The van der Waals surface area contributed by atoms with Crippen molar-refractivity contribution in [2.75, 3.05) is 24.5 Å². The van der Waals surface area contributed by atoms with Gasteiger partial charge in [-0.1, -0.05) is 31.5 Å². The van der Waals surface area contributed by atoms with Gasteiger partial charge in [0.05, 0.1) is 0 Å². The minimum atomic E-state index is 0.782. The number of anilines is 1. The predicted octanol–water partition coefficient (Wildman–Crippen LogP) is 3.69. The molecule has 0 spiro atoms. The molecule has 0 saturated carbocycles. The van der Waals surface area contributed by atoms with Crippen LogP contribution >= 0.6 is 11.6 Å². The maximum atomic E-state index is 6.35. The second kappa shape index (κ2) is 6.44. The molecular formula is C15H23ClN2. The van der Waals surface area contributed by atoms with Crippen molar-refractivity contribution in [3.05, 3.63) is 28.8 Å². The smallest absolute Gasteiger partial charge is 0.0471 e. The lowest BCUT2D eigenvalue weighted by molar-refractivity contribution is 0.446. The first kappa shape index (κ1) is 13.7. The lowest BCUT2D eigenvalue weighted by Crippen LogP contribution is -2.35. The molecule has 0 aromatic heterocycles. The summed E-state index contributed by atoms with van der Waals surface area (Å²) in [6.07, 6.45) is 2.63. The number of nitrogens with one attached hydrogen (secondary N) is 1. The Hall–Kier alpha value is -0.730. The van der Waals surface area contributed by atoms with E-state index in [1.54, 1.807) is 0 Å². The summed E-state index contributed by atoms with van der Waals surface area (Å²) in [5, 5.41) is 4.27. The summed E-state index contributed by atoms with van der Waals surface area (Å²) in [5.41, 5.74) is 2.56. The third-order valence-electron chi connectivity index (χ3n) is 3.64. The van der Waals surface area contributed by atoms with Crippen LogP contribution in [0.1, 0.15) is 32.3 Å².